The van der Waals surface area contributed by atoms with Crippen LogP contribution < -0.4 is 11.2 Å². The minimum absolute atomic E-state index is 0.608. The van der Waals surface area contributed by atoms with E-state index in [9.17, 15) is 24.2 Å². The van der Waals surface area contributed by atoms with Crippen LogP contribution in [0.1, 0.15) is 13.2 Å². The zero-order valence-electron chi connectivity index (χ0n) is 10.5. The van der Waals surface area contributed by atoms with Crippen molar-refractivity contribution in [3.8, 4) is 0 Å². The third-order valence-electron chi connectivity index (χ3n) is 3.46. The summed E-state index contributed by atoms with van der Waals surface area (Å²) < 4.78 is 19.9. The average molecular weight is 309 g/mol. The van der Waals surface area contributed by atoms with Crippen molar-refractivity contribution >= 4 is 11.6 Å². The number of aliphatic hydroxyl groups is 2. The topological polar surface area (TPSA) is 105 Å². The molecule has 0 aromatic carbocycles. The van der Waals surface area contributed by atoms with E-state index in [-0.39, 0.29) is 0 Å². The largest absolute Gasteiger partial charge is 0.393 e. The van der Waals surface area contributed by atoms with Crippen LogP contribution >= 0.6 is 11.6 Å². The van der Waals surface area contributed by atoms with Gasteiger partial charge in [-0.3, -0.25) is 14.3 Å². The second-order valence-corrected chi connectivity index (χ2v) is 5.15. The number of nitrogens with zero attached hydrogens (tertiary/aromatic N) is 1. The highest BCUT2D eigenvalue weighted by Crippen LogP contribution is 2.42. The number of H-pyrrole nitrogens is 1. The molecule has 3 N–H and O–H groups in total. The van der Waals surface area contributed by atoms with Crippen LogP contribution in [-0.4, -0.2) is 49.6 Å². The number of ether oxygens (including phenoxy) is 1. The van der Waals surface area contributed by atoms with Crippen molar-refractivity contribution in [3.05, 3.63) is 33.1 Å². The zero-order chi connectivity index (χ0) is 15.1. The summed E-state index contributed by atoms with van der Waals surface area (Å²) in [5.74, 6) is 0. The van der Waals surface area contributed by atoms with Crippen LogP contribution in [0.5, 0.6) is 0 Å². The number of rotatable bonds is 3. The van der Waals surface area contributed by atoms with Gasteiger partial charge in [0.2, 0.25) is 0 Å². The molecule has 2 heterocycles. The number of hydrogen-bond acceptors (Lipinski definition) is 5. The van der Waals surface area contributed by atoms with E-state index < -0.39 is 47.3 Å². The Bertz CT molecular complexity index is 603. The Labute approximate surface area is 117 Å². The highest BCUT2D eigenvalue weighted by Gasteiger charge is 2.58. The molecule has 5 atom stereocenters. The summed E-state index contributed by atoms with van der Waals surface area (Å²) in [5, 5.41) is 18.2. The van der Waals surface area contributed by atoms with E-state index in [0.717, 1.165) is 23.8 Å². The van der Waals surface area contributed by atoms with Crippen LogP contribution in [0.4, 0.5) is 4.39 Å². The van der Waals surface area contributed by atoms with Gasteiger partial charge in [0.15, 0.2) is 11.8 Å². The summed E-state index contributed by atoms with van der Waals surface area (Å²) in [6.45, 7) is 0.310. The zero-order valence-corrected chi connectivity index (χ0v) is 11.2. The van der Waals surface area contributed by atoms with Gasteiger partial charge in [0.05, 0.1) is 6.61 Å². The average Bonchev–Trinajstić information content (AvgIpc) is 2.64. The number of hydrogen-bond donors (Lipinski definition) is 3. The van der Waals surface area contributed by atoms with E-state index >= 15 is 0 Å². The van der Waals surface area contributed by atoms with Crippen molar-refractivity contribution in [1.29, 1.82) is 0 Å². The normalized spacial score (nSPS) is 35.1. The molecule has 1 aliphatic heterocycles. The van der Waals surface area contributed by atoms with Gasteiger partial charge in [-0.05, 0) is 6.92 Å². The summed E-state index contributed by atoms with van der Waals surface area (Å²) in [6, 6.07) is 1.07. The molecule has 0 amide bonds. The second kappa shape index (κ2) is 5.28. The molecule has 1 unspecified atom stereocenters. The number of aliphatic hydroxyl groups excluding tert-OH is 2. The van der Waals surface area contributed by atoms with Crippen LogP contribution in [0.25, 0.3) is 0 Å². The van der Waals surface area contributed by atoms with E-state index in [4.69, 9.17) is 16.3 Å². The summed E-state index contributed by atoms with van der Waals surface area (Å²) >= 11 is 5.98. The maximum absolute atomic E-state index is 13.7. The number of nitrogens with one attached hydrogen (secondary N) is 1. The quantitative estimate of drug-likeness (QED) is 0.629. The molecule has 2 rings (SSSR count). The van der Waals surface area contributed by atoms with E-state index in [0.29, 0.717) is 0 Å². The third-order valence-corrected chi connectivity index (χ3v) is 3.91. The van der Waals surface area contributed by atoms with Crippen LogP contribution in [0.2, 0.25) is 0 Å². The summed E-state index contributed by atoms with van der Waals surface area (Å²) in [4.78, 5) is 24.7. The minimum Gasteiger partial charge on any atom is -0.393 e. The lowest BCUT2D eigenvalue weighted by molar-refractivity contribution is -0.161. The number of halogens is 2. The van der Waals surface area contributed by atoms with Crippen molar-refractivity contribution in [2.75, 3.05) is 6.61 Å². The maximum atomic E-state index is 13.7. The van der Waals surface area contributed by atoms with Gasteiger partial charge in [0, 0.05) is 12.3 Å². The monoisotopic (exact) mass is 308 g/mol. The standard InChI is InChI=1S/C11H14ClFN2O5/c1-5(13)11(4-16)8(18)7(12)9(20-11)15-3-2-6(17)14-10(15)19/h2-3,5,7-9,16,18H,4H2,1H3,(H,14,17,19)/t5?,7-,8+,9-,11+/m1/s1. The molecule has 0 bridgehead atoms. The maximum Gasteiger partial charge on any atom is 0.330 e. The lowest BCUT2D eigenvalue weighted by Gasteiger charge is -2.31. The van der Waals surface area contributed by atoms with Crippen LogP contribution in [0.3, 0.4) is 0 Å². The van der Waals surface area contributed by atoms with Crippen LogP contribution in [0, 0.1) is 0 Å². The molecule has 1 aliphatic rings. The summed E-state index contributed by atoms with van der Waals surface area (Å²) in [5.41, 5.74) is -3.32. The van der Waals surface area contributed by atoms with Gasteiger partial charge in [0.25, 0.3) is 5.56 Å². The van der Waals surface area contributed by atoms with Crippen LogP contribution in [-0.2, 0) is 4.74 Å². The first-order valence-electron chi connectivity index (χ1n) is 5.90. The number of aromatic amines is 1. The lowest BCUT2D eigenvalue weighted by atomic mass is 9.93. The molecule has 1 aromatic rings. The van der Waals surface area contributed by atoms with Gasteiger partial charge >= 0.3 is 5.69 Å². The molecule has 0 saturated carbocycles. The molecule has 0 spiro atoms. The van der Waals surface area contributed by atoms with E-state index in [1.54, 1.807) is 0 Å². The third kappa shape index (κ3) is 2.18. The predicted octanol–water partition coefficient (Wildman–Crippen LogP) is -0.877. The smallest absolute Gasteiger partial charge is 0.330 e. The van der Waals surface area contributed by atoms with Crippen molar-refractivity contribution < 1.29 is 19.3 Å². The predicted molar refractivity (Wildman–Crippen MR) is 67.5 cm³/mol. The first-order valence-corrected chi connectivity index (χ1v) is 6.33. The summed E-state index contributed by atoms with van der Waals surface area (Å²) in [6.07, 6.45) is -3.31. The SMILES string of the molecule is CC(F)[C@]1(CO)O[C@@H](n2ccc(=O)[nH]c2=O)[C@H](Cl)[C@@H]1O. The number of alkyl halides is 2. The van der Waals surface area contributed by atoms with Gasteiger partial charge in [0.1, 0.15) is 17.7 Å². The number of aromatic nitrogens is 2. The molecule has 9 heteroatoms. The second-order valence-electron chi connectivity index (χ2n) is 4.64. The Morgan fingerprint density at radius 1 is 1.65 bits per heavy atom. The van der Waals surface area contributed by atoms with Gasteiger partial charge in [-0.25, -0.2) is 9.18 Å². The van der Waals surface area contributed by atoms with Gasteiger partial charge in [-0.2, -0.15) is 0 Å². The Morgan fingerprint density at radius 3 is 2.75 bits per heavy atom. The van der Waals surface area contributed by atoms with Crippen molar-refractivity contribution in [2.24, 2.45) is 0 Å². The van der Waals surface area contributed by atoms with Crippen molar-refractivity contribution in [3.63, 3.8) is 0 Å². The van der Waals surface area contributed by atoms with Gasteiger partial charge in [-0.1, -0.05) is 0 Å². The van der Waals surface area contributed by atoms with Gasteiger partial charge in [-0.15, -0.1) is 11.6 Å². The molecule has 0 aliphatic carbocycles. The molecule has 112 valence electrons. The molecule has 0 radical (unpaired) electrons. The molecule has 7 nitrogen and oxygen atoms in total. The fourth-order valence-electron chi connectivity index (χ4n) is 2.21. The Morgan fingerprint density at radius 2 is 2.30 bits per heavy atom. The molecular formula is C11H14ClFN2O5. The Kier molecular flexibility index (Phi) is 4.01. The van der Waals surface area contributed by atoms with Gasteiger partial charge < -0.3 is 14.9 Å². The molecular weight excluding hydrogens is 295 g/mol. The fourth-order valence-corrected chi connectivity index (χ4v) is 2.59. The lowest BCUT2D eigenvalue weighted by Crippen LogP contribution is -2.51. The van der Waals surface area contributed by atoms with Crippen molar-refractivity contribution in [1.82, 2.24) is 9.55 Å². The Balaban J connectivity index is 2.45. The Hall–Kier alpha value is -1.22. The first kappa shape index (κ1) is 15.2. The molecule has 1 fully saturated rings. The highest BCUT2D eigenvalue weighted by atomic mass is 35.5. The first-order chi connectivity index (χ1) is 9.33. The van der Waals surface area contributed by atoms with E-state index in [1.807, 2.05) is 4.98 Å². The van der Waals surface area contributed by atoms with Crippen LogP contribution in [0.15, 0.2) is 21.9 Å². The van der Waals surface area contributed by atoms with Crippen molar-refractivity contribution in [2.45, 2.75) is 36.4 Å². The van der Waals surface area contributed by atoms with E-state index in [1.165, 1.54) is 0 Å². The molecule has 1 aromatic heterocycles. The summed E-state index contributed by atoms with van der Waals surface area (Å²) in [7, 11) is 0. The fraction of sp³-hybridized carbons (Fsp3) is 0.636. The minimum atomic E-state index is -1.91. The highest BCUT2D eigenvalue weighted by molar-refractivity contribution is 6.21. The van der Waals surface area contributed by atoms with E-state index in [2.05, 4.69) is 0 Å². The molecule has 1 saturated heterocycles. The molecule has 20 heavy (non-hydrogen) atoms.